The van der Waals surface area contributed by atoms with Crippen LogP contribution in [0.5, 0.6) is 0 Å². The molecule has 0 radical (unpaired) electrons. The molecule has 1 aliphatic heterocycles. The molecule has 0 bridgehead atoms. The molecule has 1 heterocycles. The van der Waals surface area contributed by atoms with Gasteiger partial charge in [0, 0.05) is 26.1 Å². The van der Waals surface area contributed by atoms with Crippen molar-refractivity contribution < 1.29 is 19.4 Å². The Balaban J connectivity index is 2.77. The van der Waals surface area contributed by atoms with Crippen molar-refractivity contribution in [3.8, 4) is 0 Å². The molecule has 0 aromatic carbocycles. The highest BCUT2D eigenvalue weighted by Crippen LogP contribution is 2.39. The van der Waals surface area contributed by atoms with Gasteiger partial charge in [-0.1, -0.05) is 0 Å². The lowest BCUT2D eigenvalue weighted by atomic mass is 9.70. The maximum atomic E-state index is 11.7. The van der Waals surface area contributed by atoms with Crippen LogP contribution in [0.4, 0.5) is 0 Å². The molecule has 0 saturated carbocycles. The summed E-state index contributed by atoms with van der Waals surface area (Å²) >= 11 is 0. The van der Waals surface area contributed by atoms with Crippen molar-refractivity contribution in [2.45, 2.75) is 39.2 Å². The highest BCUT2D eigenvalue weighted by molar-refractivity contribution is 5.77. The fourth-order valence-electron chi connectivity index (χ4n) is 1.84. The van der Waals surface area contributed by atoms with Gasteiger partial charge in [-0.15, -0.1) is 0 Å². The highest BCUT2D eigenvalue weighted by Gasteiger charge is 2.50. The van der Waals surface area contributed by atoms with Crippen molar-refractivity contribution in [1.29, 1.82) is 0 Å². The molecule has 0 spiro atoms. The Bertz CT molecular complexity index is 229. The number of ether oxygens (including phenoxy) is 2. The minimum Gasteiger partial charge on any atom is -0.465 e. The third-order valence-electron chi connectivity index (χ3n) is 3.27. The number of hydrogen-bond donors (Lipinski definition) is 1. The lowest BCUT2D eigenvalue weighted by molar-refractivity contribution is -0.182. The number of esters is 1. The fraction of sp³-hybridized carbons (Fsp3) is 0.909. The zero-order valence-corrected chi connectivity index (χ0v) is 9.71. The van der Waals surface area contributed by atoms with Crippen molar-refractivity contribution in [2.24, 2.45) is 5.41 Å². The molecule has 88 valence electrons. The van der Waals surface area contributed by atoms with E-state index in [4.69, 9.17) is 9.47 Å². The minimum absolute atomic E-state index is 0.339. The fourth-order valence-corrected chi connectivity index (χ4v) is 1.84. The Morgan fingerprint density at radius 3 is 2.47 bits per heavy atom. The third kappa shape index (κ3) is 2.32. The Kier molecular flexibility index (Phi) is 3.73. The Labute approximate surface area is 90.6 Å². The quantitative estimate of drug-likeness (QED) is 0.718. The molecule has 1 N–H and O–H groups in total. The van der Waals surface area contributed by atoms with Gasteiger partial charge in [0.2, 0.25) is 0 Å². The maximum absolute atomic E-state index is 11.7. The first-order valence-electron chi connectivity index (χ1n) is 5.41. The second-order valence-electron chi connectivity index (χ2n) is 4.49. The molecule has 1 saturated heterocycles. The monoisotopic (exact) mass is 216 g/mol. The van der Waals surface area contributed by atoms with E-state index in [2.05, 4.69) is 0 Å². The zero-order chi connectivity index (χ0) is 11.5. The van der Waals surface area contributed by atoms with Crippen LogP contribution in [0, 0.1) is 5.41 Å². The van der Waals surface area contributed by atoms with Crippen LogP contribution < -0.4 is 0 Å². The van der Waals surface area contributed by atoms with Gasteiger partial charge >= 0.3 is 5.97 Å². The van der Waals surface area contributed by atoms with Crippen LogP contribution in [0.2, 0.25) is 0 Å². The predicted molar refractivity (Wildman–Crippen MR) is 55.4 cm³/mol. The average Bonchev–Trinajstić information content (AvgIpc) is 2.19. The summed E-state index contributed by atoms with van der Waals surface area (Å²) in [5, 5.41) is 10.4. The molecule has 0 aliphatic carbocycles. The van der Waals surface area contributed by atoms with Crippen LogP contribution in [0.25, 0.3) is 0 Å². The summed E-state index contributed by atoms with van der Waals surface area (Å²) in [6.45, 7) is 6.57. The summed E-state index contributed by atoms with van der Waals surface area (Å²) in [6.07, 6.45) is 0.970. The molecule has 1 fully saturated rings. The van der Waals surface area contributed by atoms with Gasteiger partial charge in [-0.2, -0.15) is 0 Å². The SMILES string of the molecule is CCOC(=O)C(C)(C)C1(O)CCOCC1. The van der Waals surface area contributed by atoms with Crippen LogP contribution in [-0.4, -0.2) is 36.5 Å². The van der Waals surface area contributed by atoms with E-state index in [9.17, 15) is 9.90 Å². The van der Waals surface area contributed by atoms with E-state index < -0.39 is 11.0 Å². The van der Waals surface area contributed by atoms with Gasteiger partial charge in [-0.25, -0.2) is 0 Å². The Morgan fingerprint density at radius 1 is 1.47 bits per heavy atom. The largest absolute Gasteiger partial charge is 0.465 e. The van der Waals surface area contributed by atoms with E-state index in [1.807, 2.05) is 0 Å². The molecule has 1 aliphatic rings. The molecule has 0 unspecified atom stereocenters. The van der Waals surface area contributed by atoms with E-state index in [1.165, 1.54) is 0 Å². The second kappa shape index (κ2) is 4.49. The summed E-state index contributed by atoms with van der Waals surface area (Å²) in [5.74, 6) is -0.339. The average molecular weight is 216 g/mol. The lowest BCUT2D eigenvalue weighted by Crippen LogP contribution is -2.53. The molecule has 0 atom stereocenters. The first kappa shape index (κ1) is 12.5. The van der Waals surface area contributed by atoms with Gasteiger partial charge < -0.3 is 14.6 Å². The normalized spacial score (nSPS) is 21.1. The van der Waals surface area contributed by atoms with Crippen molar-refractivity contribution in [2.75, 3.05) is 19.8 Å². The second-order valence-corrected chi connectivity index (χ2v) is 4.49. The van der Waals surface area contributed by atoms with Gasteiger partial charge in [0.05, 0.1) is 17.6 Å². The number of carbonyl (C=O) groups excluding carboxylic acids is 1. The molecule has 0 amide bonds. The van der Waals surface area contributed by atoms with Gasteiger partial charge in [0.15, 0.2) is 0 Å². The Morgan fingerprint density at radius 2 is 2.00 bits per heavy atom. The molecule has 1 rings (SSSR count). The maximum Gasteiger partial charge on any atom is 0.314 e. The first-order valence-corrected chi connectivity index (χ1v) is 5.41. The summed E-state index contributed by atoms with van der Waals surface area (Å²) in [6, 6.07) is 0. The van der Waals surface area contributed by atoms with E-state index >= 15 is 0 Å². The summed E-state index contributed by atoms with van der Waals surface area (Å²) in [5.41, 5.74) is -1.87. The van der Waals surface area contributed by atoms with Crippen molar-refractivity contribution in [3.05, 3.63) is 0 Å². The van der Waals surface area contributed by atoms with Gasteiger partial charge in [-0.05, 0) is 20.8 Å². The lowest BCUT2D eigenvalue weighted by Gasteiger charge is -2.42. The Hall–Kier alpha value is -0.610. The number of aliphatic hydroxyl groups is 1. The molecular formula is C11H20O4. The van der Waals surface area contributed by atoms with Gasteiger partial charge in [-0.3, -0.25) is 4.79 Å². The highest BCUT2D eigenvalue weighted by atomic mass is 16.5. The van der Waals surface area contributed by atoms with Crippen LogP contribution >= 0.6 is 0 Å². The van der Waals surface area contributed by atoms with Gasteiger partial charge in [0.1, 0.15) is 0 Å². The molecular weight excluding hydrogens is 196 g/mol. The topological polar surface area (TPSA) is 55.8 Å². The van der Waals surface area contributed by atoms with Crippen molar-refractivity contribution in [1.82, 2.24) is 0 Å². The standard InChI is InChI=1S/C11H20O4/c1-4-15-9(12)10(2,3)11(13)5-7-14-8-6-11/h13H,4-8H2,1-3H3. The van der Waals surface area contributed by atoms with E-state index in [0.29, 0.717) is 32.7 Å². The smallest absolute Gasteiger partial charge is 0.314 e. The summed E-state index contributed by atoms with van der Waals surface area (Å²) in [4.78, 5) is 11.7. The van der Waals surface area contributed by atoms with Crippen molar-refractivity contribution in [3.63, 3.8) is 0 Å². The molecule has 15 heavy (non-hydrogen) atoms. The van der Waals surface area contributed by atoms with Crippen LogP contribution in [0.15, 0.2) is 0 Å². The summed E-state index contributed by atoms with van der Waals surface area (Å²) in [7, 11) is 0. The third-order valence-corrected chi connectivity index (χ3v) is 3.27. The molecule has 4 nitrogen and oxygen atoms in total. The molecule has 0 aromatic rings. The van der Waals surface area contributed by atoms with E-state index in [0.717, 1.165) is 0 Å². The first-order chi connectivity index (χ1) is 6.94. The zero-order valence-electron chi connectivity index (χ0n) is 9.71. The predicted octanol–water partition coefficient (Wildman–Crippen LogP) is 1.12. The van der Waals surface area contributed by atoms with Crippen LogP contribution in [-0.2, 0) is 14.3 Å². The minimum atomic E-state index is -1.00. The molecule has 4 heteroatoms. The number of hydrogen-bond acceptors (Lipinski definition) is 4. The summed E-state index contributed by atoms with van der Waals surface area (Å²) < 4.78 is 10.2. The van der Waals surface area contributed by atoms with Gasteiger partial charge in [0.25, 0.3) is 0 Å². The van der Waals surface area contributed by atoms with Crippen LogP contribution in [0.3, 0.4) is 0 Å². The number of carbonyl (C=O) groups is 1. The van der Waals surface area contributed by atoms with Crippen molar-refractivity contribution >= 4 is 5.97 Å². The van der Waals surface area contributed by atoms with E-state index in [-0.39, 0.29) is 5.97 Å². The number of rotatable bonds is 3. The molecule has 0 aromatic heterocycles. The van der Waals surface area contributed by atoms with Crippen LogP contribution in [0.1, 0.15) is 33.6 Å². The van der Waals surface area contributed by atoms with E-state index in [1.54, 1.807) is 20.8 Å².